The summed E-state index contributed by atoms with van der Waals surface area (Å²) in [7, 11) is -4.66. The van der Waals surface area contributed by atoms with Gasteiger partial charge in [-0.25, -0.2) is 8.42 Å². The van der Waals surface area contributed by atoms with Gasteiger partial charge in [-0.3, -0.25) is 9.78 Å². The molecule has 1 aromatic carbocycles. The third-order valence-electron chi connectivity index (χ3n) is 3.41. The maximum atomic E-state index is 12.9. The number of primary amides is 1. The second-order valence-corrected chi connectivity index (χ2v) is 7.16. The van der Waals surface area contributed by atoms with Crippen molar-refractivity contribution in [1.82, 2.24) is 4.98 Å². The van der Waals surface area contributed by atoms with Gasteiger partial charge in [-0.2, -0.15) is 13.2 Å². The number of nitrogens with zero attached hydrogens (tertiary/aromatic N) is 1. The van der Waals surface area contributed by atoms with Crippen molar-refractivity contribution in [3.63, 3.8) is 0 Å². The lowest BCUT2D eigenvalue weighted by molar-refractivity contribution is -0.121. The molecule has 0 aliphatic heterocycles. The number of rotatable bonds is 5. The summed E-state index contributed by atoms with van der Waals surface area (Å²) in [6.07, 6.45) is -1.93. The van der Waals surface area contributed by atoms with Gasteiger partial charge in [0, 0.05) is 18.0 Å². The van der Waals surface area contributed by atoms with Crippen LogP contribution in [0.1, 0.15) is 10.4 Å². The van der Waals surface area contributed by atoms with Crippen LogP contribution in [0.4, 0.5) is 13.2 Å². The largest absolute Gasteiger partial charge is 0.409 e. The second-order valence-electron chi connectivity index (χ2n) is 5.09. The molecule has 0 aliphatic rings. The fourth-order valence-electron chi connectivity index (χ4n) is 2.15. The first-order valence-electron chi connectivity index (χ1n) is 6.86. The molecular weight excluding hydrogens is 357 g/mol. The Bertz CT molecular complexity index is 907. The summed E-state index contributed by atoms with van der Waals surface area (Å²) in [6.45, 7) is 2.96. The molecule has 0 fully saturated rings. The van der Waals surface area contributed by atoms with Crippen LogP contribution in [0.3, 0.4) is 0 Å². The molecule has 0 radical (unpaired) electrons. The lowest BCUT2D eigenvalue weighted by Crippen LogP contribution is -2.34. The van der Waals surface area contributed by atoms with Crippen LogP contribution in [0.15, 0.2) is 60.3 Å². The van der Waals surface area contributed by atoms with E-state index in [9.17, 15) is 26.4 Å². The molecule has 2 N–H and O–H groups in total. The number of amides is 1. The van der Waals surface area contributed by atoms with E-state index in [0.717, 1.165) is 12.1 Å². The zero-order valence-corrected chi connectivity index (χ0v) is 13.5. The van der Waals surface area contributed by atoms with Crippen molar-refractivity contribution in [2.24, 2.45) is 5.73 Å². The average Bonchev–Trinajstić information content (AvgIpc) is 2.54. The highest BCUT2D eigenvalue weighted by molar-refractivity contribution is 7.92. The summed E-state index contributed by atoms with van der Waals surface area (Å²) >= 11 is 0. The third-order valence-corrected chi connectivity index (χ3v) is 5.47. The average molecular weight is 370 g/mol. The minimum atomic E-state index is -4.96. The summed E-state index contributed by atoms with van der Waals surface area (Å²) in [5, 5.41) is -2.69. The number of carbonyl (C=O) groups is 1. The number of aromatic nitrogens is 1. The molecule has 0 bridgehead atoms. The van der Waals surface area contributed by atoms with Gasteiger partial charge in [0.2, 0.25) is 5.91 Å². The predicted molar refractivity (Wildman–Crippen MR) is 85.4 cm³/mol. The Morgan fingerprint density at radius 1 is 1.16 bits per heavy atom. The Morgan fingerprint density at radius 2 is 1.76 bits per heavy atom. The second kappa shape index (κ2) is 6.67. The van der Waals surface area contributed by atoms with Gasteiger partial charge in [0.25, 0.3) is 0 Å². The predicted octanol–water partition coefficient (Wildman–Crippen LogP) is 2.74. The molecule has 2 aromatic rings. The van der Waals surface area contributed by atoms with Crippen molar-refractivity contribution in [3.8, 4) is 11.1 Å². The molecule has 1 atom stereocenters. The maximum absolute atomic E-state index is 12.9. The van der Waals surface area contributed by atoms with Gasteiger partial charge in [-0.1, -0.05) is 18.2 Å². The zero-order chi connectivity index (χ0) is 18.8. The van der Waals surface area contributed by atoms with E-state index in [-0.39, 0.29) is 5.56 Å². The van der Waals surface area contributed by atoms with Crippen LogP contribution in [0.2, 0.25) is 0 Å². The van der Waals surface area contributed by atoms with Crippen molar-refractivity contribution in [1.29, 1.82) is 0 Å². The van der Waals surface area contributed by atoms with Gasteiger partial charge in [0.15, 0.2) is 15.1 Å². The molecular formula is C16H13F3N2O3S. The molecule has 9 heteroatoms. The van der Waals surface area contributed by atoms with Gasteiger partial charge < -0.3 is 5.73 Å². The Kier molecular flexibility index (Phi) is 4.98. The molecule has 5 nitrogen and oxygen atoms in total. The third kappa shape index (κ3) is 3.87. The highest BCUT2D eigenvalue weighted by Gasteiger charge is 2.47. The van der Waals surface area contributed by atoms with Gasteiger partial charge in [-0.15, -0.1) is 6.58 Å². The molecule has 0 aliphatic carbocycles. The van der Waals surface area contributed by atoms with E-state index >= 15 is 0 Å². The van der Waals surface area contributed by atoms with Crippen LogP contribution in [-0.4, -0.2) is 30.7 Å². The minimum absolute atomic E-state index is 0.151. The topological polar surface area (TPSA) is 90.1 Å². The first-order valence-corrected chi connectivity index (χ1v) is 8.40. The fourth-order valence-corrected chi connectivity index (χ4v) is 3.57. The van der Waals surface area contributed by atoms with Gasteiger partial charge in [0.1, 0.15) is 0 Å². The zero-order valence-electron chi connectivity index (χ0n) is 12.7. The molecule has 0 saturated carbocycles. The fraction of sp³-hybridized carbons (Fsp3) is 0.125. The summed E-state index contributed by atoms with van der Waals surface area (Å²) in [6, 6.07) is 6.21. The van der Waals surface area contributed by atoms with Gasteiger partial charge >= 0.3 is 6.18 Å². The number of alkyl halides is 3. The van der Waals surface area contributed by atoms with Crippen LogP contribution in [0.25, 0.3) is 11.1 Å². The Morgan fingerprint density at radius 3 is 2.24 bits per heavy atom. The van der Waals surface area contributed by atoms with Crippen LogP contribution < -0.4 is 5.73 Å². The van der Waals surface area contributed by atoms with Crippen molar-refractivity contribution in [2.45, 2.75) is 16.3 Å². The highest BCUT2D eigenvalue weighted by Crippen LogP contribution is 2.32. The van der Waals surface area contributed by atoms with E-state index in [1.807, 2.05) is 0 Å². The molecule has 25 heavy (non-hydrogen) atoms. The first-order chi connectivity index (χ1) is 11.6. The summed E-state index contributed by atoms with van der Waals surface area (Å²) in [5.74, 6) is -0.687. The lowest BCUT2D eigenvalue weighted by atomic mass is 10.1. The van der Waals surface area contributed by atoms with Crippen LogP contribution in [0, 0.1) is 0 Å². The number of benzene rings is 1. The molecule has 132 valence electrons. The molecule has 1 amide bonds. The number of halogens is 3. The summed E-state index contributed by atoms with van der Waals surface area (Å²) in [5.41, 5.74) is 6.25. The van der Waals surface area contributed by atoms with E-state index in [1.54, 1.807) is 0 Å². The molecule has 2 rings (SSSR count). The van der Waals surface area contributed by atoms with Crippen molar-refractivity contribution >= 4 is 15.7 Å². The van der Waals surface area contributed by atoms with E-state index in [0.29, 0.717) is 17.2 Å². The minimum Gasteiger partial charge on any atom is -0.366 e. The molecule has 1 unspecified atom stereocenters. The standard InChI is InChI=1S/C16H13F3N2O3S/c1-2-14(16(17,18)19)25(23,24)13-5-3-10(4-6-13)11-7-12(15(20)22)9-21-8-11/h2-9,14H,1H2,(H2,20,22). The van der Waals surface area contributed by atoms with E-state index < -0.39 is 32.1 Å². The molecule has 1 heterocycles. The number of sulfone groups is 1. The Hall–Kier alpha value is -2.68. The van der Waals surface area contributed by atoms with Crippen molar-refractivity contribution in [3.05, 3.63) is 60.9 Å². The van der Waals surface area contributed by atoms with Crippen LogP contribution in [0.5, 0.6) is 0 Å². The van der Waals surface area contributed by atoms with Gasteiger partial charge in [0.05, 0.1) is 10.5 Å². The normalized spacial score (nSPS) is 13.2. The Balaban J connectivity index is 2.42. The molecule has 1 aromatic heterocycles. The van der Waals surface area contributed by atoms with E-state index in [4.69, 9.17) is 5.73 Å². The first kappa shape index (κ1) is 18.7. The molecule has 0 spiro atoms. The molecule has 0 saturated heterocycles. The number of pyridine rings is 1. The SMILES string of the molecule is C=CC(C(F)(F)F)S(=O)(=O)c1ccc(-c2cncc(C(N)=O)c2)cc1. The van der Waals surface area contributed by atoms with Crippen molar-refractivity contribution < 1.29 is 26.4 Å². The van der Waals surface area contributed by atoms with Crippen molar-refractivity contribution in [2.75, 3.05) is 0 Å². The van der Waals surface area contributed by atoms with E-state index in [2.05, 4.69) is 11.6 Å². The smallest absolute Gasteiger partial charge is 0.366 e. The van der Waals surface area contributed by atoms with Gasteiger partial charge in [-0.05, 0) is 23.8 Å². The summed E-state index contributed by atoms with van der Waals surface area (Å²) in [4.78, 5) is 14.5. The van der Waals surface area contributed by atoms with E-state index in [1.165, 1.54) is 30.6 Å². The number of nitrogens with two attached hydrogens (primary N) is 1. The van der Waals surface area contributed by atoms with Crippen LogP contribution in [-0.2, 0) is 9.84 Å². The maximum Gasteiger partial charge on any atom is 0.409 e. The number of hydrogen-bond acceptors (Lipinski definition) is 4. The van der Waals surface area contributed by atoms with Crippen LogP contribution >= 0.6 is 0 Å². The lowest BCUT2D eigenvalue weighted by Gasteiger charge is -2.17. The number of hydrogen-bond donors (Lipinski definition) is 1. The summed E-state index contributed by atoms with van der Waals surface area (Å²) < 4.78 is 62.9. The monoisotopic (exact) mass is 370 g/mol. The Labute approximate surface area is 141 Å². The highest BCUT2D eigenvalue weighted by atomic mass is 32.2. The quantitative estimate of drug-likeness (QED) is 0.820. The number of carbonyl (C=O) groups excluding carboxylic acids is 1.